The summed E-state index contributed by atoms with van der Waals surface area (Å²) in [5, 5.41) is 16.3. The first-order valence-corrected chi connectivity index (χ1v) is 7.89. The summed E-state index contributed by atoms with van der Waals surface area (Å²) in [6.07, 6.45) is 0.729. The molecule has 0 fully saturated rings. The summed E-state index contributed by atoms with van der Waals surface area (Å²) in [4.78, 5) is 24.5. The number of rotatable bonds is 9. The van der Waals surface area contributed by atoms with Gasteiger partial charge in [0.15, 0.2) is 0 Å². The number of anilines is 1. The van der Waals surface area contributed by atoms with Crippen molar-refractivity contribution in [2.75, 3.05) is 39.1 Å². The third-order valence-electron chi connectivity index (χ3n) is 3.45. The molecular formula is C16H26N4O4. The van der Waals surface area contributed by atoms with E-state index in [0.29, 0.717) is 24.4 Å². The molecule has 1 rings (SSSR count). The molecule has 0 aliphatic heterocycles. The lowest BCUT2D eigenvalue weighted by Crippen LogP contribution is -2.37. The van der Waals surface area contributed by atoms with Crippen molar-refractivity contribution in [3.8, 4) is 0 Å². The van der Waals surface area contributed by atoms with Crippen LogP contribution in [-0.4, -0.2) is 55.8 Å². The summed E-state index contributed by atoms with van der Waals surface area (Å²) in [6.45, 7) is 5.37. The minimum atomic E-state index is -0.467. The molecule has 134 valence electrons. The maximum Gasteiger partial charge on any atom is 0.319 e. The van der Waals surface area contributed by atoms with Crippen LogP contribution in [0, 0.1) is 17.0 Å². The topological polar surface area (TPSA) is 96.7 Å². The molecule has 8 heteroatoms. The van der Waals surface area contributed by atoms with Crippen LogP contribution >= 0.6 is 0 Å². The van der Waals surface area contributed by atoms with E-state index in [0.717, 1.165) is 13.0 Å². The van der Waals surface area contributed by atoms with Crippen LogP contribution in [0.15, 0.2) is 18.2 Å². The quantitative estimate of drug-likeness (QED) is 0.532. The van der Waals surface area contributed by atoms with Gasteiger partial charge < -0.3 is 20.3 Å². The van der Waals surface area contributed by atoms with Gasteiger partial charge in [0.05, 0.1) is 11.0 Å². The van der Waals surface area contributed by atoms with Gasteiger partial charge in [-0.25, -0.2) is 4.79 Å². The van der Waals surface area contributed by atoms with Gasteiger partial charge >= 0.3 is 6.03 Å². The Kier molecular flexibility index (Phi) is 8.14. The third kappa shape index (κ3) is 6.93. The highest BCUT2D eigenvalue weighted by atomic mass is 16.6. The molecule has 0 saturated carbocycles. The number of nitrogens with one attached hydrogen (secondary N) is 2. The Labute approximate surface area is 142 Å². The molecule has 0 radical (unpaired) electrons. The van der Waals surface area contributed by atoms with Gasteiger partial charge in [-0.1, -0.05) is 6.07 Å². The number of hydrogen-bond acceptors (Lipinski definition) is 5. The molecule has 1 aromatic carbocycles. The molecule has 0 heterocycles. The van der Waals surface area contributed by atoms with Crippen molar-refractivity contribution in [2.24, 2.45) is 0 Å². The molecule has 0 spiro atoms. The number of benzene rings is 1. The fourth-order valence-corrected chi connectivity index (χ4v) is 2.15. The number of hydrogen-bond donors (Lipinski definition) is 2. The maximum absolute atomic E-state index is 12.0. The van der Waals surface area contributed by atoms with Crippen LogP contribution in [0.25, 0.3) is 0 Å². The van der Waals surface area contributed by atoms with E-state index in [1.54, 1.807) is 19.1 Å². The molecule has 2 amide bonds. The maximum atomic E-state index is 12.0. The number of urea groups is 1. The predicted octanol–water partition coefficient (Wildman–Crippen LogP) is 2.38. The van der Waals surface area contributed by atoms with Gasteiger partial charge in [0, 0.05) is 37.0 Å². The highest BCUT2D eigenvalue weighted by Crippen LogP contribution is 2.22. The molecule has 8 nitrogen and oxygen atoms in total. The molecule has 0 aliphatic rings. The van der Waals surface area contributed by atoms with Crippen LogP contribution in [0.4, 0.5) is 16.2 Å². The van der Waals surface area contributed by atoms with Gasteiger partial charge in [0.1, 0.15) is 0 Å². The minimum Gasteiger partial charge on any atom is -0.377 e. The van der Waals surface area contributed by atoms with Gasteiger partial charge in [0.25, 0.3) is 5.69 Å². The number of carbonyl (C=O) groups is 1. The fourth-order valence-electron chi connectivity index (χ4n) is 2.15. The van der Waals surface area contributed by atoms with Crippen LogP contribution in [0.3, 0.4) is 0 Å². The number of nitro benzene ring substituents is 1. The van der Waals surface area contributed by atoms with E-state index < -0.39 is 11.0 Å². The second-order valence-corrected chi connectivity index (χ2v) is 5.76. The lowest BCUT2D eigenvalue weighted by molar-refractivity contribution is -0.385. The SMILES string of the molecule is CCO[C@H](CCN(C)C)CNC(=O)Nc1ccc(C)c([N+](=O)[O-])c1. The zero-order valence-electron chi connectivity index (χ0n) is 14.7. The zero-order valence-corrected chi connectivity index (χ0v) is 14.7. The van der Waals surface area contributed by atoms with Crippen molar-refractivity contribution in [1.82, 2.24) is 10.2 Å². The van der Waals surface area contributed by atoms with E-state index in [4.69, 9.17) is 4.74 Å². The van der Waals surface area contributed by atoms with Crippen LogP contribution in [0.5, 0.6) is 0 Å². The molecule has 0 saturated heterocycles. The minimum absolute atomic E-state index is 0.0222. The zero-order chi connectivity index (χ0) is 18.1. The summed E-state index contributed by atoms with van der Waals surface area (Å²) in [7, 11) is 3.96. The number of ether oxygens (including phenoxy) is 1. The molecule has 0 unspecified atom stereocenters. The largest absolute Gasteiger partial charge is 0.377 e. The Morgan fingerprint density at radius 3 is 2.71 bits per heavy atom. The molecule has 2 N–H and O–H groups in total. The molecule has 0 aromatic heterocycles. The highest BCUT2D eigenvalue weighted by molar-refractivity contribution is 5.89. The van der Waals surface area contributed by atoms with Crippen LogP contribution in [0.2, 0.25) is 0 Å². The van der Waals surface area contributed by atoms with Crippen molar-refractivity contribution < 1.29 is 14.5 Å². The normalized spacial score (nSPS) is 12.0. The molecule has 24 heavy (non-hydrogen) atoms. The Morgan fingerprint density at radius 1 is 1.42 bits per heavy atom. The lowest BCUT2D eigenvalue weighted by Gasteiger charge is -2.20. The van der Waals surface area contributed by atoms with E-state index in [1.807, 2.05) is 21.0 Å². The van der Waals surface area contributed by atoms with Crippen LogP contribution in [-0.2, 0) is 4.74 Å². The van der Waals surface area contributed by atoms with E-state index in [-0.39, 0.29) is 11.8 Å². The lowest BCUT2D eigenvalue weighted by atomic mass is 10.2. The molecule has 1 aromatic rings. The van der Waals surface area contributed by atoms with E-state index in [2.05, 4.69) is 15.5 Å². The number of amides is 2. The van der Waals surface area contributed by atoms with E-state index >= 15 is 0 Å². The number of nitro groups is 1. The van der Waals surface area contributed by atoms with Crippen LogP contribution in [0.1, 0.15) is 18.9 Å². The Bertz CT molecular complexity index is 563. The monoisotopic (exact) mass is 338 g/mol. The Morgan fingerprint density at radius 2 is 2.12 bits per heavy atom. The van der Waals surface area contributed by atoms with E-state index in [9.17, 15) is 14.9 Å². The van der Waals surface area contributed by atoms with Crippen molar-refractivity contribution in [2.45, 2.75) is 26.4 Å². The summed E-state index contributed by atoms with van der Waals surface area (Å²) >= 11 is 0. The summed E-state index contributed by atoms with van der Waals surface area (Å²) in [6, 6.07) is 4.17. The first kappa shape index (κ1) is 19.9. The average molecular weight is 338 g/mol. The van der Waals surface area contributed by atoms with Gasteiger partial charge in [-0.2, -0.15) is 0 Å². The first-order chi connectivity index (χ1) is 11.3. The summed E-state index contributed by atoms with van der Waals surface area (Å²) < 4.78 is 5.60. The molecule has 0 aliphatic carbocycles. The predicted molar refractivity (Wildman–Crippen MR) is 93.4 cm³/mol. The number of carbonyl (C=O) groups excluding carboxylic acids is 1. The van der Waals surface area contributed by atoms with Gasteiger partial charge in [-0.05, 0) is 40.4 Å². The van der Waals surface area contributed by atoms with Crippen molar-refractivity contribution in [3.63, 3.8) is 0 Å². The van der Waals surface area contributed by atoms with Crippen molar-refractivity contribution >= 4 is 17.4 Å². The van der Waals surface area contributed by atoms with Gasteiger partial charge in [-0.3, -0.25) is 10.1 Å². The molecular weight excluding hydrogens is 312 g/mol. The number of nitrogens with zero attached hydrogens (tertiary/aromatic N) is 2. The smallest absolute Gasteiger partial charge is 0.319 e. The Balaban J connectivity index is 2.55. The van der Waals surface area contributed by atoms with Gasteiger partial charge in [-0.15, -0.1) is 0 Å². The van der Waals surface area contributed by atoms with Crippen LogP contribution < -0.4 is 10.6 Å². The van der Waals surface area contributed by atoms with E-state index in [1.165, 1.54) is 6.07 Å². The second kappa shape index (κ2) is 9.84. The molecule has 1 atom stereocenters. The Hall–Kier alpha value is -2.19. The third-order valence-corrected chi connectivity index (χ3v) is 3.45. The summed E-state index contributed by atoms with van der Waals surface area (Å²) in [5.41, 5.74) is 0.906. The standard InChI is InChI=1S/C16H26N4O4/c1-5-24-14(8-9-19(3)4)11-17-16(21)18-13-7-6-12(2)15(10-13)20(22)23/h6-7,10,14H,5,8-9,11H2,1-4H3,(H2,17,18,21)/t14-/m1/s1. The highest BCUT2D eigenvalue weighted by Gasteiger charge is 2.14. The average Bonchev–Trinajstić information content (AvgIpc) is 2.51. The molecule has 0 bridgehead atoms. The van der Waals surface area contributed by atoms with Crippen molar-refractivity contribution in [3.05, 3.63) is 33.9 Å². The number of aryl methyl sites for hydroxylation is 1. The first-order valence-electron chi connectivity index (χ1n) is 7.89. The van der Waals surface area contributed by atoms with Gasteiger partial charge in [0.2, 0.25) is 0 Å². The second-order valence-electron chi connectivity index (χ2n) is 5.76. The summed E-state index contributed by atoms with van der Waals surface area (Å²) in [5.74, 6) is 0. The van der Waals surface area contributed by atoms with Crippen molar-refractivity contribution in [1.29, 1.82) is 0 Å². The fraction of sp³-hybridized carbons (Fsp3) is 0.562.